The lowest BCUT2D eigenvalue weighted by Crippen LogP contribution is -2.33. The van der Waals surface area contributed by atoms with Crippen LogP contribution in [0.1, 0.15) is 30.1 Å². The van der Waals surface area contributed by atoms with Crippen molar-refractivity contribution >= 4 is 11.7 Å². The summed E-state index contributed by atoms with van der Waals surface area (Å²) in [6.45, 7) is 4.98. The standard InChI is InChI=1S/C14H21N3O2/c1-2-15-13-12(6-3-7-16-13)14(18)17-9-11-5-4-8-19-10-11/h3,6-7,11H,2,4-5,8-10H2,1H3,(H,15,16)(H,17,18). The molecule has 1 atom stereocenters. The van der Waals surface area contributed by atoms with Crippen LogP contribution in [0.2, 0.25) is 0 Å². The van der Waals surface area contributed by atoms with Gasteiger partial charge in [-0.25, -0.2) is 4.98 Å². The molecule has 1 aromatic rings. The van der Waals surface area contributed by atoms with Gasteiger partial charge in [-0.3, -0.25) is 4.79 Å². The third-order valence-corrected chi connectivity index (χ3v) is 3.20. The van der Waals surface area contributed by atoms with Crippen LogP contribution >= 0.6 is 0 Å². The van der Waals surface area contributed by atoms with Crippen molar-refractivity contribution in [3.05, 3.63) is 23.9 Å². The third kappa shape index (κ3) is 3.92. The largest absolute Gasteiger partial charge is 0.381 e. The number of anilines is 1. The Kier molecular flexibility index (Phi) is 5.15. The molecule has 1 aliphatic heterocycles. The molecule has 1 aromatic heterocycles. The van der Waals surface area contributed by atoms with Gasteiger partial charge in [-0.1, -0.05) is 0 Å². The van der Waals surface area contributed by atoms with E-state index in [1.807, 2.05) is 6.92 Å². The summed E-state index contributed by atoms with van der Waals surface area (Å²) < 4.78 is 5.41. The topological polar surface area (TPSA) is 63.2 Å². The lowest BCUT2D eigenvalue weighted by atomic mass is 10.0. The van der Waals surface area contributed by atoms with Crippen molar-refractivity contribution in [1.82, 2.24) is 10.3 Å². The molecule has 2 heterocycles. The minimum absolute atomic E-state index is 0.0744. The number of hydrogen-bond acceptors (Lipinski definition) is 4. The van der Waals surface area contributed by atoms with Crippen LogP contribution in [0.5, 0.6) is 0 Å². The first-order valence-electron chi connectivity index (χ1n) is 6.86. The number of carbonyl (C=O) groups is 1. The molecule has 0 aliphatic carbocycles. The van der Waals surface area contributed by atoms with E-state index in [0.717, 1.165) is 32.6 Å². The minimum Gasteiger partial charge on any atom is -0.381 e. The van der Waals surface area contributed by atoms with Crippen LogP contribution in [-0.2, 0) is 4.74 Å². The van der Waals surface area contributed by atoms with Gasteiger partial charge in [-0.05, 0) is 37.8 Å². The van der Waals surface area contributed by atoms with Crippen molar-refractivity contribution in [1.29, 1.82) is 0 Å². The summed E-state index contributed by atoms with van der Waals surface area (Å²) >= 11 is 0. The Hall–Kier alpha value is -1.62. The average molecular weight is 263 g/mol. The third-order valence-electron chi connectivity index (χ3n) is 3.20. The summed E-state index contributed by atoms with van der Waals surface area (Å²) in [6, 6.07) is 3.57. The Bertz CT molecular complexity index is 417. The summed E-state index contributed by atoms with van der Waals surface area (Å²) in [6.07, 6.45) is 3.88. The summed E-state index contributed by atoms with van der Waals surface area (Å²) in [5.41, 5.74) is 0.598. The molecule has 0 radical (unpaired) electrons. The first-order valence-corrected chi connectivity index (χ1v) is 6.86. The van der Waals surface area contributed by atoms with Gasteiger partial charge in [-0.15, -0.1) is 0 Å². The van der Waals surface area contributed by atoms with Gasteiger partial charge in [0, 0.05) is 25.9 Å². The number of ether oxygens (including phenoxy) is 1. The molecule has 0 bridgehead atoms. The SMILES string of the molecule is CCNc1ncccc1C(=O)NCC1CCCOC1. The minimum atomic E-state index is -0.0744. The second-order valence-corrected chi connectivity index (χ2v) is 4.72. The molecule has 1 aliphatic rings. The number of rotatable bonds is 5. The van der Waals surface area contributed by atoms with Crippen LogP contribution in [0.3, 0.4) is 0 Å². The number of hydrogen-bond donors (Lipinski definition) is 2. The van der Waals surface area contributed by atoms with Crippen LogP contribution in [0.25, 0.3) is 0 Å². The van der Waals surface area contributed by atoms with E-state index in [2.05, 4.69) is 15.6 Å². The van der Waals surface area contributed by atoms with E-state index in [4.69, 9.17) is 4.74 Å². The molecule has 0 saturated carbocycles. The molecule has 1 amide bonds. The molecular formula is C14H21N3O2. The molecule has 5 nitrogen and oxygen atoms in total. The van der Waals surface area contributed by atoms with E-state index in [-0.39, 0.29) is 5.91 Å². The fourth-order valence-corrected chi connectivity index (χ4v) is 2.20. The van der Waals surface area contributed by atoms with Crippen molar-refractivity contribution < 1.29 is 9.53 Å². The van der Waals surface area contributed by atoms with Crippen LogP contribution in [0.15, 0.2) is 18.3 Å². The van der Waals surface area contributed by atoms with E-state index in [1.54, 1.807) is 18.3 Å². The number of carbonyl (C=O) groups excluding carboxylic acids is 1. The number of nitrogens with zero attached hydrogens (tertiary/aromatic N) is 1. The maximum Gasteiger partial charge on any atom is 0.255 e. The van der Waals surface area contributed by atoms with Crippen molar-refractivity contribution in [2.45, 2.75) is 19.8 Å². The van der Waals surface area contributed by atoms with Gasteiger partial charge >= 0.3 is 0 Å². The first-order chi connectivity index (χ1) is 9.31. The monoisotopic (exact) mass is 263 g/mol. The molecule has 19 heavy (non-hydrogen) atoms. The smallest absolute Gasteiger partial charge is 0.255 e. The van der Waals surface area contributed by atoms with Gasteiger partial charge in [-0.2, -0.15) is 0 Å². The van der Waals surface area contributed by atoms with Crippen LogP contribution in [-0.4, -0.2) is 37.2 Å². The van der Waals surface area contributed by atoms with E-state index >= 15 is 0 Å². The molecule has 5 heteroatoms. The normalized spacial score (nSPS) is 18.9. The number of aromatic nitrogens is 1. The van der Waals surface area contributed by atoms with Crippen molar-refractivity contribution in [2.24, 2.45) is 5.92 Å². The summed E-state index contributed by atoms with van der Waals surface area (Å²) in [7, 11) is 0. The van der Waals surface area contributed by atoms with E-state index in [9.17, 15) is 4.79 Å². The number of amides is 1. The lowest BCUT2D eigenvalue weighted by molar-refractivity contribution is 0.0536. The predicted octanol–water partition coefficient (Wildman–Crippen LogP) is 1.67. The Labute approximate surface area is 113 Å². The summed E-state index contributed by atoms with van der Waals surface area (Å²) in [5.74, 6) is 0.994. The molecule has 0 spiro atoms. The summed E-state index contributed by atoms with van der Waals surface area (Å²) in [4.78, 5) is 16.3. The van der Waals surface area contributed by atoms with Crippen molar-refractivity contribution in [2.75, 3.05) is 31.6 Å². The Morgan fingerprint density at radius 3 is 3.21 bits per heavy atom. The average Bonchev–Trinajstić information content (AvgIpc) is 2.47. The van der Waals surface area contributed by atoms with Crippen LogP contribution in [0.4, 0.5) is 5.82 Å². The summed E-state index contributed by atoms with van der Waals surface area (Å²) in [5, 5.41) is 6.07. The molecule has 0 aromatic carbocycles. The molecule has 1 saturated heterocycles. The fourth-order valence-electron chi connectivity index (χ4n) is 2.20. The molecule has 104 valence electrons. The number of pyridine rings is 1. The van der Waals surface area contributed by atoms with Gasteiger partial charge in [0.05, 0.1) is 12.2 Å². The van der Waals surface area contributed by atoms with Crippen molar-refractivity contribution in [3.63, 3.8) is 0 Å². The fraction of sp³-hybridized carbons (Fsp3) is 0.571. The van der Waals surface area contributed by atoms with Gasteiger partial charge < -0.3 is 15.4 Å². The zero-order valence-corrected chi connectivity index (χ0v) is 11.3. The van der Waals surface area contributed by atoms with E-state index in [1.165, 1.54) is 0 Å². The highest BCUT2D eigenvalue weighted by Gasteiger charge is 2.16. The maximum absolute atomic E-state index is 12.2. The zero-order chi connectivity index (χ0) is 13.5. The Balaban J connectivity index is 1.91. The van der Waals surface area contributed by atoms with Gasteiger partial charge in [0.2, 0.25) is 0 Å². The number of nitrogens with one attached hydrogen (secondary N) is 2. The lowest BCUT2D eigenvalue weighted by Gasteiger charge is -2.22. The molecule has 2 N–H and O–H groups in total. The first kappa shape index (κ1) is 13.8. The second kappa shape index (κ2) is 7.09. The highest BCUT2D eigenvalue weighted by atomic mass is 16.5. The van der Waals surface area contributed by atoms with E-state index < -0.39 is 0 Å². The second-order valence-electron chi connectivity index (χ2n) is 4.72. The highest BCUT2D eigenvalue weighted by Crippen LogP contribution is 2.14. The Morgan fingerprint density at radius 1 is 1.58 bits per heavy atom. The molecular weight excluding hydrogens is 242 g/mol. The van der Waals surface area contributed by atoms with Gasteiger partial charge in [0.1, 0.15) is 5.82 Å². The van der Waals surface area contributed by atoms with Crippen LogP contribution < -0.4 is 10.6 Å². The highest BCUT2D eigenvalue weighted by molar-refractivity contribution is 5.98. The molecule has 1 fully saturated rings. The molecule has 2 rings (SSSR count). The zero-order valence-electron chi connectivity index (χ0n) is 11.3. The Morgan fingerprint density at radius 2 is 2.47 bits per heavy atom. The molecule has 1 unspecified atom stereocenters. The quantitative estimate of drug-likeness (QED) is 0.848. The van der Waals surface area contributed by atoms with Gasteiger partial charge in [0.25, 0.3) is 5.91 Å². The maximum atomic E-state index is 12.2. The van der Waals surface area contributed by atoms with Crippen LogP contribution in [0, 0.1) is 5.92 Å². The predicted molar refractivity (Wildman–Crippen MR) is 74.3 cm³/mol. The van der Waals surface area contributed by atoms with E-state index in [0.29, 0.717) is 23.8 Å². The van der Waals surface area contributed by atoms with Gasteiger partial charge in [0.15, 0.2) is 0 Å². The van der Waals surface area contributed by atoms with Crippen molar-refractivity contribution in [3.8, 4) is 0 Å².